The lowest BCUT2D eigenvalue weighted by Crippen LogP contribution is -2.47. The quantitative estimate of drug-likeness (QED) is 0.601. The summed E-state index contributed by atoms with van der Waals surface area (Å²) in [5, 5.41) is 0. The van der Waals surface area contributed by atoms with E-state index in [0.717, 1.165) is 23.9 Å². The van der Waals surface area contributed by atoms with Crippen molar-refractivity contribution in [3.63, 3.8) is 0 Å². The fourth-order valence-electron chi connectivity index (χ4n) is 3.26. The molecule has 3 rings (SSSR count). The van der Waals surface area contributed by atoms with Gasteiger partial charge in [0.1, 0.15) is 0 Å². The van der Waals surface area contributed by atoms with E-state index in [-0.39, 0.29) is 0 Å². The van der Waals surface area contributed by atoms with E-state index in [2.05, 4.69) is 25.7 Å². The summed E-state index contributed by atoms with van der Waals surface area (Å²) in [4.78, 5) is 2.75. The standard InChI is InChI=1S/C12H23N/c1-9(2)13-8-11-5-4-6-12(13)7-10(11)3/h9-12H,4-8H2,1-3H3. The van der Waals surface area contributed by atoms with E-state index in [1.54, 1.807) is 0 Å². The van der Waals surface area contributed by atoms with Crippen molar-refractivity contribution in [3.05, 3.63) is 0 Å². The highest BCUT2D eigenvalue weighted by Crippen LogP contribution is 2.37. The van der Waals surface area contributed by atoms with E-state index in [0.29, 0.717) is 0 Å². The van der Waals surface area contributed by atoms with Crippen molar-refractivity contribution in [2.24, 2.45) is 11.8 Å². The molecule has 2 aliphatic heterocycles. The SMILES string of the molecule is CC1CC2CCCC1CN2C(C)C. The predicted molar refractivity (Wildman–Crippen MR) is 56.8 cm³/mol. The minimum Gasteiger partial charge on any atom is -0.298 e. The van der Waals surface area contributed by atoms with Crippen LogP contribution in [-0.2, 0) is 0 Å². The average molecular weight is 181 g/mol. The molecule has 0 radical (unpaired) electrons. The second-order valence-corrected chi connectivity index (χ2v) is 5.35. The summed E-state index contributed by atoms with van der Waals surface area (Å²) in [5.41, 5.74) is 0. The van der Waals surface area contributed by atoms with E-state index in [1.807, 2.05) is 0 Å². The predicted octanol–water partition coefficient (Wildman–Crippen LogP) is 2.91. The van der Waals surface area contributed by atoms with Crippen LogP contribution in [0.4, 0.5) is 0 Å². The Balaban J connectivity index is 2.11. The zero-order chi connectivity index (χ0) is 9.42. The third-order valence-electron chi connectivity index (χ3n) is 4.14. The van der Waals surface area contributed by atoms with Crippen LogP contribution in [0.25, 0.3) is 0 Å². The first kappa shape index (κ1) is 9.51. The minimum atomic E-state index is 0.762. The number of nitrogens with zero attached hydrogens (tertiary/aromatic N) is 1. The molecule has 0 amide bonds. The van der Waals surface area contributed by atoms with Gasteiger partial charge in [0.15, 0.2) is 0 Å². The van der Waals surface area contributed by atoms with Gasteiger partial charge < -0.3 is 0 Å². The van der Waals surface area contributed by atoms with Gasteiger partial charge in [0, 0.05) is 18.6 Å². The molecule has 0 spiro atoms. The molecule has 1 saturated carbocycles. The number of rotatable bonds is 1. The lowest BCUT2D eigenvalue weighted by molar-refractivity contribution is 0.0594. The van der Waals surface area contributed by atoms with Crippen molar-refractivity contribution in [1.82, 2.24) is 4.90 Å². The monoisotopic (exact) mass is 181 g/mol. The highest BCUT2D eigenvalue weighted by atomic mass is 15.2. The first-order valence-corrected chi connectivity index (χ1v) is 5.94. The minimum absolute atomic E-state index is 0.762. The topological polar surface area (TPSA) is 3.24 Å². The Kier molecular flexibility index (Phi) is 2.64. The van der Waals surface area contributed by atoms with E-state index < -0.39 is 0 Å². The molecule has 1 aliphatic carbocycles. The maximum Gasteiger partial charge on any atom is 0.0101 e. The molecule has 1 heteroatoms. The molecule has 3 aliphatic rings. The molecule has 2 heterocycles. The van der Waals surface area contributed by atoms with Gasteiger partial charge in [0.25, 0.3) is 0 Å². The van der Waals surface area contributed by atoms with Crippen LogP contribution in [0.5, 0.6) is 0 Å². The van der Waals surface area contributed by atoms with Crippen molar-refractivity contribution in [2.45, 2.75) is 58.5 Å². The first-order valence-electron chi connectivity index (χ1n) is 5.94. The normalized spacial score (nSPS) is 41.1. The summed E-state index contributed by atoms with van der Waals surface area (Å²) < 4.78 is 0. The summed E-state index contributed by atoms with van der Waals surface area (Å²) in [7, 11) is 0. The Morgan fingerprint density at radius 1 is 1.23 bits per heavy atom. The molecule has 3 fully saturated rings. The molecule has 76 valence electrons. The highest BCUT2D eigenvalue weighted by Gasteiger charge is 2.36. The number of fused-ring (bicyclic) bond motifs is 4. The van der Waals surface area contributed by atoms with E-state index in [1.165, 1.54) is 32.2 Å². The fraction of sp³-hybridized carbons (Fsp3) is 1.00. The zero-order valence-corrected chi connectivity index (χ0v) is 9.29. The largest absolute Gasteiger partial charge is 0.298 e. The Hall–Kier alpha value is -0.0400. The van der Waals surface area contributed by atoms with Gasteiger partial charge in [-0.15, -0.1) is 0 Å². The van der Waals surface area contributed by atoms with Gasteiger partial charge >= 0.3 is 0 Å². The lowest BCUT2D eigenvalue weighted by Gasteiger charge is -2.42. The first-order chi connectivity index (χ1) is 6.18. The molecule has 3 atom stereocenters. The molecule has 0 aromatic heterocycles. The van der Waals surface area contributed by atoms with Crippen molar-refractivity contribution < 1.29 is 0 Å². The summed E-state index contributed by atoms with van der Waals surface area (Å²) in [6, 6.07) is 1.67. The smallest absolute Gasteiger partial charge is 0.0101 e. The number of hydrogen-bond acceptors (Lipinski definition) is 1. The third kappa shape index (κ3) is 1.76. The maximum absolute atomic E-state index is 2.75. The molecule has 2 saturated heterocycles. The maximum atomic E-state index is 2.75. The highest BCUT2D eigenvalue weighted by molar-refractivity contribution is 4.90. The number of piperidine rings is 1. The van der Waals surface area contributed by atoms with Gasteiger partial charge in [-0.3, -0.25) is 4.90 Å². The van der Waals surface area contributed by atoms with Crippen LogP contribution >= 0.6 is 0 Å². The van der Waals surface area contributed by atoms with Gasteiger partial charge in [-0.1, -0.05) is 13.3 Å². The molecule has 0 N–H and O–H groups in total. The Morgan fingerprint density at radius 3 is 2.69 bits per heavy atom. The third-order valence-corrected chi connectivity index (χ3v) is 4.14. The van der Waals surface area contributed by atoms with Gasteiger partial charge in [0.2, 0.25) is 0 Å². The average Bonchev–Trinajstić information content (AvgIpc) is 2.35. The molecule has 13 heavy (non-hydrogen) atoms. The molecule has 0 aromatic carbocycles. The molecule has 0 aromatic rings. The van der Waals surface area contributed by atoms with Crippen LogP contribution < -0.4 is 0 Å². The second-order valence-electron chi connectivity index (χ2n) is 5.35. The van der Waals surface area contributed by atoms with Crippen molar-refractivity contribution in [3.8, 4) is 0 Å². The molecule has 3 unspecified atom stereocenters. The van der Waals surface area contributed by atoms with Crippen LogP contribution in [0.2, 0.25) is 0 Å². The number of hydrogen-bond donors (Lipinski definition) is 0. The van der Waals surface area contributed by atoms with E-state index in [4.69, 9.17) is 0 Å². The Bertz CT molecular complexity index is 176. The van der Waals surface area contributed by atoms with Gasteiger partial charge in [-0.25, -0.2) is 0 Å². The molecular weight excluding hydrogens is 158 g/mol. The van der Waals surface area contributed by atoms with Gasteiger partial charge in [-0.2, -0.15) is 0 Å². The summed E-state index contributed by atoms with van der Waals surface area (Å²) in [6.07, 6.45) is 5.88. The van der Waals surface area contributed by atoms with E-state index in [9.17, 15) is 0 Å². The van der Waals surface area contributed by atoms with Crippen LogP contribution in [0.15, 0.2) is 0 Å². The van der Waals surface area contributed by atoms with Gasteiger partial charge in [-0.05, 0) is 44.9 Å². The molecular formula is C12H23N. The Morgan fingerprint density at radius 2 is 2.00 bits per heavy atom. The van der Waals surface area contributed by atoms with Crippen LogP contribution in [0, 0.1) is 11.8 Å². The van der Waals surface area contributed by atoms with Crippen molar-refractivity contribution in [1.29, 1.82) is 0 Å². The molecule has 2 bridgehead atoms. The lowest BCUT2D eigenvalue weighted by atomic mass is 9.84. The van der Waals surface area contributed by atoms with Gasteiger partial charge in [0.05, 0.1) is 0 Å². The zero-order valence-electron chi connectivity index (χ0n) is 9.29. The fourth-order valence-corrected chi connectivity index (χ4v) is 3.26. The summed E-state index contributed by atoms with van der Waals surface area (Å²) in [6.45, 7) is 8.54. The van der Waals surface area contributed by atoms with Crippen LogP contribution in [0.1, 0.15) is 46.5 Å². The van der Waals surface area contributed by atoms with Crippen molar-refractivity contribution >= 4 is 0 Å². The van der Waals surface area contributed by atoms with E-state index >= 15 is 0 Å². The van der Waals surface area contributed by atoms with Crippen molar-refractivity contribution in [2.75, 3.05) is 6.54 Å². The summed E-state index contributed by atoms with van der Waals surface area (Å²) in [5.74, 6) is 1.99. The van der Waals surface area contributed by atoms with Crippen LogP contribution in [-0.4, -0.2) is 23.5 Å². The summed E-state index contributed by atoms with van der Waals surface area (Å²) >= 11 is 0. The van der Waals surface area contributed by atoms with Crippen LogP contribution in [0.3, 0.4) is 0 Å². The second kappa shape index (κ2) is 3.61. The Labute approximate surface area is 82.5 Å². The molecule has 1 nitrogen and oxygen atoms in total.